The van der Waals surface area contributed by atoms with Gasteiger partial charge in [0.15, 0.2) is 0 Å². The number of hydrogen-bond acceptors (Lipinski definition) is 2. The van der Waals surface area contributed by atoms with Crippen molar-refractivity contribution in [3.63, 3.8) is 0 Å². The largest absolute Gasteiger partial charge is 0.299 e. The van der Waals surface area contributed by atoms with Crippen LogP contribution in [-0.2, 0) is 6.54 Å². The molecule has 0 amide bonds. The van der Waals surface area contributed by atoms with Crippen LogP contribution < -0.4 is 0 Å². The van der Waals surface area contributed by atoms with Crippen LogP contribution in [0.25, 0.3) is 0 Å². The van der Waals surface area contributed by atoms with Gasteiger partial charge in [0.25, 0.3) is 0 Å². The van der Waals surface area contributed by atoms with E-state index in [0.29, 0.717) is 5.54 Å². The zero-order valence-corrected chi connectivity index (χ0v) is 12.9. The minimum atomic E-state index is 0.322. The third-order valence-electron chi connectivity index (χ3n) is 4.31. The minimum absolute atomic E-state index is 0.322. The van der Waals surface area contributed by atoms with Gasteiger partial charge in [-0.15, -0.1) is 0 Å². The van der Waals surface area contributed by atoms with Crippen LogP contribution in [-0.4, -0.2) is 41.5 Å². The number of nitrogens with zero attached hydrogens (tertiary/aromatic N) is 2. The number of piperidine rings is 1. The summed E-state index contributed by atoms with van der Waals surface area (Å²) in [6.45, 7) is 10.5. The molecule has 1 aliphatic heterocycles. The van der Waals surface area contributed by atoms with Crippen LogP contribution >= 0.6 is 0 Å². The summed E-state index contributed by atoms with van der Waals surface area (Å²) >= 11 is 0. The molecular weight excluding hydrogens is 232 g/mol. The van der Waals surface area contributed by atoms with Crippen LogP contribution in [0.5, 0.6) is 0 Å². The fourth-order valence-corrected chi connectivity index (χ4v) is 2.98. The van der Waals surface area contributed by atoms with Crippen molar-refractivity contribution in [3.05, 3.63) is 35.9 Å². The molecule has 0 unspecified atom stereocenters. The molecule has 1 aromatic rings. The highest BCUT2D eigenvalue weighted by Gasteiger charge is 2.28. The monoisotopic (exact) mass is 260 g/mol. The third-order valence-corrected chi connectivity index (χ3v) is 4.31. The van der Waals surface area contributed by atoms with Gasteiger partial charge in [-0.25, -0.2) is 0 Å². The molecule has 0 atom stereocenters. The maximum atomic E-state index is 2.61. The van der Waals surface area contributed by atoms with Crippen molar-refractivity contribution in [2.75, 3.05) is 20.1 Å². The van der Waals surface area contributed by atoms with E-state index in [4.69, 9.17) is 0 Å². The van der Waals surface area contributed by atoms with Crippen molar-refractivity contribution in [1.29, 1.82) is 0 Å². The molecule has 0 N–H and O–H groups in total. The van der Waals surface area contributed by atoms with Crippen molar-refractivity contribution in [2.24, 2.45) is 0 Å². The van der Waals surface area contributed by atoms with Crippen molar-refractivity contribution in [1.82, 2.24) is 9.80 Å². The lowest BCUT2D eigenvalue weighted by atomic mass is 9.97. The van der Waals surface area contributed by atoms with Crippen molar-refractivity contribution < 1.29 is 0 Å². The Bertz CT molecular complexity index is 372. The second-order valence-electron chi connectivity index (χ2n) is 6.79. The van der Waals surface area contributed by atoms with E-state index in [-0.39, 0.29) is 0 Å². The van der Waals surface area contributed by atoms with Gasteiger partial charge in [0.1, 0.15) is 0 Å². The molecule has 1 heterocycles. The normalized spacial score (nSPS) is 19.0. The van der Waals surface area contributed by atoms with Gasteiger partial charge in [0.05, 0.1) is 0 Å². The topological polar surface area (TPSA) is 6.48 Å². The zero-order valence-electron chi connectivity index (χ0n) is 12.9. The maximum absolute atomic E-state index is 2.61. The zero-order chi connectivity index (χ0) is 13.9. The molecule has 1 aromatic carbocycles. The summed E-state index contributed by atoms with van der Waals surface area (Å²) in [7, 11) is 2.27. The van der Waals surface area contributed by atoms with Crippen LogP contribution in [0.15, 0.2) is 30.3 Å². The van der Waals surface area contributed by atoms with Crippen molar-refractivity contribution in [3.8, 4) is 0 Å². The fourth-order valence-electron chi connectivity index (χ4n) is 2.98. The lowest BCUT2D eigenvalue weighted by Crippen LogP contribution is -2.50. The highest BCUT2D eigenvalue weighted by Crippen LogP contribution is 2.23. The Hall–Kier alpha value is -0.860. The van der Waals surface area contributed by atoms with Crippen molar-refractivity contribution >= 4 is 0 Å². The van der Waals surface area contributed by atoms with E-state index in [1.807, 2.05) is 0 Å². The smallest absolute Gasteiger partial charge is 0.0233 e. The lowest BCUT2D eigenvalue weighted by molar-refractivity contribution is 0.0632. The number of likely N-dealkylation sites (tertiary alicyclic amines) is 1. The van der Waals surface area contributed by atoms with Gasteiger partial charge in [-0.05, 0) is 46.2 Å². The summed E-state index contributed by atoms with van der Waals surface area (Å²) in [6.07, 6.45) is 2.58. The van der Waals surface area contributed by atoms with Crippen LogP contribution in [0.2, 0.25) is 0 Å². The van der Waals surface area contributed by atoms with E-state index in [2.05, 4.69) is 68.0 Å². The van der Waals surface area contributed by atoms with Crippen LogP contribution in [0.1, 0.15) is 39.2 Å². The number of hydrogen-bond donors (Lipinski definition) is 0. The van der Waals surface area contributed by atoms with Gasteiger partial charge >= 0.3 is 0 Å². The summed E-state index contributed by atoms with van der Waals surface area (Å²) < 4.78 is 0. The van der Waals surface area contributed by atoms with E-state index < -0.39 is 0 Å². The molecule has 2 nitrogen and oxygen atoms in total. The molecule has 0 radical (unpaired) electrons. The maximum Gasteiger partial charge on any atom is 0.0233 e. The van der Waals surface area contributed by atoms with Gasteiger partial charge in [-0.2, -0.15) is 0 Å². The molecule has 1 fully saturated rings. The van der Waals surface area contributed by atoms with Crippen LogP contribution in [0.3, 0.4) is 0 Å². The van der Waals surface area contributed by atoms with Crippen molar-refractivity contribution in [2.45, 2.75) is 51.7 Å². The molecule has 0 bridgehead atoms. The van der Waals surface area contributed by atoms with Gasteiger partial charge in [-0.3, -0.25) is 9.80 Å². The van der Waals surface area contributed by atoms with E-state index in [0.717, 1.165) is 12.6 Å². The Morgan fingerprint density at radius 2 is 1.68 bits per heavy atom. The molecule has 2 rings (SSSR count). The van der Waals surface area contributed by atoms with Gasteiger partial charge in [-0.1, -0.05) is 30.3 Å². The number of benzene rings is 1. The Labute approximate surface area is 118 Å². The first-order valence-corrected chi connectivity index (χ1v) is 7.46. The summed E-state index contributed by atoms with van der Waals surface area (Å²) in [5.41, 5.74) is 1.74. The second-order valence-corrected chi connectivity index (χ2v) is 6.79. The number of rotatable bonds is 3. The quantitative estimate of drug-likeness (QED) is 0.822. The highest BCUT2D eigenvalue weighted by molar-refractivity contribution is 5.14. The Morgan fingerprint density at radius 3 is 2.21 bits per heavy atom. The predicted octanol–water partition coefficient (Wildman–Crippen LogP) is 3.38. The lowest BCUT2D eigenvalue weighted by Gasteiger charge is -2.43. The predicted molar refractivity (Wildman–Crippen MR) is 82.3 cm³/mol. The molecule has 0 saturated carbocycles. The molecule has 106 valence electrons. The Kier molecular flexibility index (Phi) is 4.64. The summed E-state index contributed by atoms with van der Waals surface area (Å²) in [5, 5.41) is 0. The molecule has 1 aliphatic rings. The second kappa shape index (κ2) is 6.06. The Morgan fingerprint density at radius 1 is 1.11 bits per heavy atom. The summed E-state index contributed by atoms with van der Waals surface area (Å²) in [4.78, 5) is 5.13. The van der Waals surface area contributed by atoms with E-state index >= 15 is 0 Å². The first kappa shape index (κ1) is 14.5. The SMILES string of the molecule is CN(Cc1ccccc1)C1CCN(C(C)(C)C)CC1. The molecule has 0 aliphatic carbocycles. The Balaban J connectivity index is 1.84. The van der Waals surface area contributed by atoms with Gasteiger partial charge < -0.3 is 0 Å². The van der Waals surface area contributed by atoms with E-state index in [1.165, 1.54) is 31.5 Å². The molecule has 19 heavy (non-hydrogen) atoms. The van der Waals surface area contributed by atoms with Crippen LogP contribution in [0, 0.1) is 0 Å². The first-order chi connectivity index (χ1) is 8.97. The molecule has 1 saturated heterocycles. The fraction of sp³-hybridized carbons (Fsp3) is 0.647. The minimum Gasteiger partial charge on any atom is -0.299 e. The summed E-state index contributed by atoms with van der Waals surface area (Å²) in [5.74, 6) is 0. The highest BCUT2D eigenvalue weighted by atomic mass is 15.2. The third kappa shape index (κ3) is 4.05. The average molecular weight is 260 g/mol. The van der Waals surface area contributed by atoms with Gasteiger partial charge in [0, 0.05) is 31.2 Å². The molecule has 0 spiro atoms. The molecular formula is C17H28N2. The molecule has 0 aromatic heterocycles. The van der Waals surface area contributed by atoms with Gasteiger partial charge in [0.2, 0.25) is 0 Å². The summed E-state index contributed by atoms with van der Waals surface area (Å²) in [6, 6.07) is 11.5. The van der Waals surface area contributed by atoms with E-state index in [1.54, 1.807) is 0 Å². The van der Waals surface area contributed by atoms with E-state index in [9.17, 15) is 0 Å². The molecule has 2 heteroatoms. The average Bonchev–Trinajstić information content (AvgIpc) is 2.39. The van der Waals surface area contributed by atoms with Crippen LogP contribution in [0.4, 0.5) is 0 Å². The standard InChI is InChI=1S/C17H28N2/c1-17(2,3)19-12-10-16(11-13-19)18(4)14-15-8-6-5-7-9-15/h5-9,16H,10-14H2,1-4H3. The first-order valence-electron chi connectivity index (χ1n) is 7.46.